The smallest absolute Gasteiger partial charge is 0.266 e. The van der Waals surface area contributed by atoms with E-state index in [1.807, 2.05) is 13.8 Å². The molecule has 68 valence electrons. The molecule has 0 rings (SSSR count). The highest BCUT2D eigenvalue weighted by Gasteiger charge is 2.11. The van der Waals surface area contributed by atoms with Crippen LogP contribution in [0.2, 0.25) is 0 Å². The number of hydrogen-bond donors (Lipinski definition) is 2. The molecule has 0 bridgehead atoms. The zero-order valence-electron chi connectivity index (χ0n) is 7.03. The van der Waals surface area contributed by atoms with Gasteiger partial charge < -0.3 is 5.32 Å². The average molecular weight is 181 g/mol. The summed E-state index contributed by atoms with van der Waals surface area (Å²) in [6.45, 7) is 5.55. The standard InChI is InChI=1S/C6H15NO3S/c1-5(2)7-6(3)4-11(8,9)10/h5-7H,4H2,1-3H3,(H,8,9,10). The molecule has 4 nitrogen and oxygen atoms in total. The van der Waals surface area contributed by atoms with Crippen molar-refractivity contribution < 1.29 is 13.0 Å². The molecule has 5 heteroatoms. The molecule has 0 radical (unpaired) electrons. The molecule has 0 aromatic rings. The molecule has 0 amide bonds. The molecule has 11 heavy (non-hydrogen) atoms. The van der Waals surface area contributed by atoms with Gasteiger partial charge in [0.25, 0.3) is 10.1 Å². The molecule has 0 fully saturated rings. The van der Waals surface area contributed by atoms with Crippen molar-refractivity contribution in [1.29, 1.82) is 0 Å². The second-order valence-electron chi connectivity index (χ2n) is 2.97. The molecule has 1 atom stereocenters. The molecule has 2 N–H and O–H groups in total. The van der Waals surface area contributed by atoms with Gasteiger partial charge in [-0.1, -0.05) is 13.8 Å². The van der Waals surface area contributed by atoms with Crippen molar-refractivity contribution in [2.75, 3.05) is 5.75 Å². The molecule has 0 aliphatic rings. The molecule has 0 aromatic carbocycles. The van der Waals surface area contributed by atoms with Gasteiger partial charge >= 0.3 is 0 Å². The molecule has 1 unspecified atom stereocenters. The third-order valence-electron chi connectivity index (χ3n) is 1.08. The lowest BCUT2D eigenvalue weighted by Gasteiger charge is -2.14. The molecule has 0 spiro atoms. The molecular weight excluding hydrogens is 166 g/mol. The van der Waals surface area contributed by atoms with Crippen molar-refractivity contribution in [2.24, 2.45) is 0 Å². The lowest BCUT2D eigenvalue weighted by atomic mass is 10.3. The van der Waals surface area contributed by atoms with E-state index in [1.165, 1.54) is 0 Å². The zero-order valence-corrected chi connectivity index (χ0v) is 7.85. The van der Waals surface area contributed by atoms with E-state index in [0.29, 0.717) is 0 Å². The minimum atomic E-state index is -3.83. The van der Waals surface area contributed by atoms with Gasteiger partial charge in [-0.25, -0.2) is 0 Å². The fourth-order valence-corrected chi connectivity index (χ4v) is 1.66. The quantitative estimate of drug-likeness (QED) is 0.611. The molecule has 0 heterocycles. The van der Waals surface area contributed by atoms with E-state index in [9.17, 15) is 8.42 Å². The molecule has 0 aromatic heterocycles. The van der Waals surface area contributed by atoms with E-state index in [0.717, 1.165) is 0 Å². The first-order valence-electron chi connectivity index (χ1n) is 3.52. The van der Waals surface area contributed by atoms with E-state index < -0.39 is 10.1 Å². The Labute approximate surface area is 67.7 Å². The molecule has 0 aliphatic heterocycles. The van der Waals surface area contributed by atoms with Crippen LogP contribution in [-0.4, -0.2) is 30.8 Å². The third kappa shape index (κ3) is 7.77. The van der Waals surface area contributed by atoms with Crippen LogP contribution in [0.4, 0.5) is 0 Å². The normalized spacial score (nSPS) is 15.4. The van der Waals surface area contributed by atoms with Crippen LogP contribution in [0.5, 0.6) is 0 Å². The summed E-state index contributed by atoms with van der Waals surface area (Å²) in [6.07, 6.45) is 0. The largest absolute Gasteiger partial charge is 0.311 e. The van der Waals surface area contributed by atoms with Crippen molar-refractivity contribution in [2.45, 2.75) is 32.9 Å². The molecule has 0 saturated heterocycles. The summed E-state index contributed by atoms with van der Waals surface area (Å²) in [5.74, 6) is -0.231. The highest BCUT2D eigenvalue weighted by atomic mass is 32.2. The van der Waals surface area contributed by atoms with Gasteiger partial charge in [0.1, 0.15) is 0 Å². The Kier molecular flexibility index (Phi) is 3.99. The van der Waals surface area contributed by atoms with Gasteiger partial charge in [0.2, 0.25) is 0 Å². The first-order chi connectivity index (χ1) is 4.81. The van der Waals surface area contributed by atoms with E-state index >= 15 is 0 Å². The maximum atomic E-state index is 10.3. The maximum Gasteiger partial charge on any atom is 0.266 e. The summed E-state index contributed by atoms with van der Waals surface area (Å²) >= 11 is 0. The highest BCUT2D eigenvalue weighted by molar-refractivity contribution is 7.85. The van der Waals surface area contributed by atoms with Crippen LogP contribution in [0.1, 0.15) is 20.8 Å². The fraction of sp³-hybridized carbons (Fsp3) is 1.00. The van der Waals surface area contributed by atoms with Gasteiger partial charge in [-0.3, -0.25) is 4.55 Å². The SMILES string of the molecule is CC(C)NC(C)CS(=O)(=O)O. The van der Waals surface area contributed by atoms with E-state index in [1.54, 1.807) is 6.92 Å². The Hall–Kier alpha value is -0.130. The summed E-state index contributed by atoms with van der Waals surface area (Å²) in [7, 11) is -3.83. The first-order valence-corrected chi connectivity index (χ1v) is 5.13. The first kappa shape index (κ1) is 10.9. The van der Waals surface area contributed by atoms with Gasteiger partial charge in [-0.05, 0) is 6.92 Å². The Balaban J connectivity index is 3.80. The van der Waals surface area contributed by atoms with Crippen molar-refractivity contribution in [3.05, 3.63) is 0 Å². The van der Waals surface area contributed by atoms with Crippen LogP contribution >= 0.6 is 0 Å². The summed E-state index contributed by atoms with van der Waals surface area (Å²) in [6, 6.07) is 0.0248. The van der Waals surface area contributed by atoms with Gasteiger partial charge in [-0.15, -0.1) is 0 Å². The predicted molar refractivity (Wildman–Crippen MR) is 44.1 cm³/mol. The van der Waals surface area contributed by atoms with E-state index in [-0.39, 0.29) is 17.8 Å². The van der Waals surface area contributed by atoms with Gasteiger partial charge in [-0.2, -0.15) is 8.42 Å². The second-order valence-corrected chi connectivity index (χ2v) is 4.47. The predicted octanol–water partition coefficient (Wildman–Crippen LogP) is 0.261. The Bertz CT molecular complexity index is 198. The lowest BCUT2D eigenvalue weighted by molar-refractivity contribution is 0.459. The van der Waals surface area contributed by atoms with Crippen molar-refractivity contribution >= 4 is 10.1 Å². The van der Waals surface area contributed by atoms with Crippen LogP contribution in [0, 0.1) is 0 Å². The van der Waals surface area contributed by atoms with Crippen molar-refractivity contribution in [3.8, 4) is 0 Å². The maximum absolute atomic E-state index is 10.3. The minimum absolute atomic E-state index is 0.204. The van der Waals surface area contributed by atoms with Gasteiger partial charge in [0.15, 0.2) is 0 Å². The van der Waals surface area contributed by atoms with Crippen molar-refractivity contribution in [3.63, 3.8) is 0 Å². The number of rotatable bonds is 4. The van der Waals surface area contributed by atoms with Crippen LogP contribution < -0.4 is 5.32 Å². The van der Waals surface area contributed by atoms with Crippen molar-refractivity contribution in [1.82, 2.24) is 5.32 Å². The van der Waals surface area contributed by atoms with Crippen LogP contribution in [0.3, 0.4) is 0 Å². The molecule has 0 aliphatic carbocycles. The highest BCUT2D eigenvalue weighted by Crippen LogP contribution is 1.91. The fourth-order valence-electron chi connectivity index (χ4n) is 0.933. The average Bonchev–Trinajstić information content (AvgIpc) is 1.53. The summed E-state index contributed by atoms with van der Waals surface area (Å²) in [4.78, 5) is 0. The summed E-state index contributed by atoms with van der Waals surface area (Å²) in [5.41, 5.74) is 0. The van der Waals surface area contributed by atoms with E-state index in [2.05, 4.69) is 5.32 Å². The summed E-state index contributed by atoms with van der Waals surface area (Å²) in [5, 5.41) is 2.96. The Morgan fingerprint density at radius 1 is 1.36 bits per heavy atom. The number of hydrogen-bond acceptors (Lipinski definition) is 3. The molecular formula is C6H15NO3S. The topological polar surface area (TPSA) is 66.4 Å². The van der Waals surface area contributed by atoms with E-state index in [4.69, 9.17) is 4.55 Å². The zero-order chi connectivity index (χ0) is 9.07. The Morgan fingerprint density at radius 2 is 1.82 bits per heavy atom. The lowest BCUT2D eigenvalue weighted by Crippen LogP contribution is -2.37. The summed E-state index contributed by atoms with van der Waals surface area (Å²) < 4.78 is 29.1. The van der Waals surface area contributed by atoms with Crippen LogP contribution in [0.25, 0.3) is 0 Å². The van der Waals surface area contributed by atoms with Crippen LogP contribution in [0.15, 0.2) is 0 Å². The van der Waals surface area contributed by atoms with Gasteiger partial charge in [0.05, 0.1) is 5.75 Å². The minimum Gasteiger partial charge on any atom is -0.311 e. The third-order valence-corrected chi connectivity index (χ3v) is 2.00. The molecule has 0 saturated carbocycles. The van der Waals surface area contributed by atoms with Gasteiger partial charge in [0, 0.05) is 12.1 Å². The second kappa shape index (κ2) is 4.04. The monoisotopic (exact) mass is 181 g/mol. The number of nitrogens with one attached hydrogen (secondary N) is 1. The Morgan fingerprint density at radius 3 is 2.09 bits per heavy atom. The van der Waals surface area contributed by atoms with Crippen LogP contribution in [-0.2, 0) is 10.1 Å².